The Morgan fingerprint density at radius 2 is 2.12 bits per heavy atom. The van der Waals surface area contributed by atoms with Gasteiger partial charge in [-0.15, -0.1) is 0 Å². The highest BCUT2D eigenvalue weighted by atomic mass is 16.5. The highest BCUT2D eigenvalue weighted by Gasteiger charge is 2.22. The van der Waals surface area contributed by atoms with E-state index in [1.54, 1.807) is 13.0 Å². The van der Waals surface area contributed by atoms with Crippen LogP contribution < -0.4 is 0 Å². The van der Waals surface area contributed by atoms with E-state index >= 15 is 0 Å². The van der Waals surface area contributed by atoms with Crippen LogP contribution in [0.3, 0.4) is 0 Å². The predicted octanol–water partition coefficient (Wildman–Crippen LogP) is 2.74. The Bertz CT molecular complexity index is 407. The first-order valence-electron chi connectivity index (χ1n) is 6.14. The topological polar surface area (TPSA) is 59.2 Å². The minimum Gasteiger partial charge on any atom is -0.461 e. The summed E-state index contributed by atoms with van der Waals surface area (Å²) in [5.74, 6) is -0.275. The molecule has 0 spiro atoms. The number of hydrogen-bond acceptors (Lipinski definition) is 3. The number of nitrogens with one attached hydrogen (secondary N) is 1. The average molecular weight is 237 g/mol. The Kier molecular flexibility index (Phi) is 4.94. The molecule has 1 aromatic heterocycles. The van der Waals surface area contributed by atoms with Crippen LogP contribution in [0.25, 0.3) is 0 Å². The molecule has 0 radical (unpaired) electrons. The zero-order valence-electron chi connectivity index (χ0n) is 10.6. The number of aryl methyl sites for hydroxylation is 1. The molecule has 0 unspecified atom stereocenters. The molecule has 0 aromatic carbocycles. The predicted molar refractivity (Wildman–Crippen MR) is 65.4 cm³/mol. The third kappa shape index (κ3) is 2.96. The van der Waals surface area contributed by atoms with Crippen LogP contribution in [0.5, 0.6) is 0 Å². The van der Waals surface area contributed by atoms with Gasteiger partial charge in [0, 0.05) is 17.7 Å². The molecular weight excluding hydrogens is 218 g/mol. The van der Waals surface area contributed by atoms with Crippen LogP contribution in [0.4, 0.5) is 0 Å². The zero-order valence-corrected chi connectivity index (χ0v) is 10.6. The van der Waals surface area contributed by atoms with Crippen molar-refractivity contribution < 1.29 is 14.3 Å². The smallest absolute Gasteiger partial charge is 0.354 e. The molecule has 0 fully saturated rings. The van der Waals surface area contributed by atoms with Crippen molar-refractivity contribution in [2.45, 2.75) is 40.0 Å². The lowest BCUT2D eigenvalue weighted by Gasteiger charge is -2.08. The first-order chi connectivity index (χ1) is 8.22. The van der Waals surface area contributed by atoms with Crippen molar-refractivity contribution in [3.63, 3.8) is 0 Å². The molecule has 4 nitrogen and oxygen atoms in total. The second-order valence-electron chi connectivity index (χ2n) is 3.57. The van der Waals surface area contributed by atoms with Gasteiger partial charge in [0.05, 0.1) is 6.61 Å². The summed E-state index contributed by atoms with van der Waals surface area (Å²) in [5, 5.41) is 0. The summed E-state index contributed by atoms with van der Waals surface area (Å²) in [6.07, 6.45) is 2.27. The number of Topliss-reactive ketones (excluding diaryl/α,β-unsaturated/α-hetero) is 1. The van der Waals surface area contributed by atoms with Gasteiger partial charge in [-0.1, -0.05) is 13.8 Å². The maximum absolute atomic E-state index is 11.5. The Labute approximate surface area is 101 Å². The summed E-state index contributed by atoms with van der Waals surface area (Å²) < 4.78 is 4.86. The van der Waals surface area contributed by atoms with E-state index in [1.165, 1.54) is 0 Å². The van der Waals surface area contributed by atoms with Crippen LogP contribution >= 0.6 is 0 Å². The van der Waals surface area contributed by atoms with E-state index < -0.39 is 0 Å². The van der Waals surface area contributed by atoms with Crippen molar-refractivity contribution >= 4 is 11.8 Å². The molecule has 0 amide bonds. The lowest BCUT2D eigenvalue weighted by atomic mass is 9.97. The van der Waals surface area contributed by atoms with Gasteiger partial charge in [0.15, 0.2) is 5.78 Å². The Hall–Kier alpha value is -1.58. The number of hydrogen-bond donors (Lipinski definition) is 1. The number of rotatable bonds is 2. The minimum absolute atomic E-state index is 0.114. The quantitative estimate of drug-likeness (QED) is 0.804. The Morgan fingerprint density at radius 3 is 2.71 bits per heavy atom. The number of carbonyl (C=O) groups is 2. The summed E-state index contributed by atoms with van der Waals surface area (Å²) in [7, 11) is 0. The number of esters is 1. The van der Waals surface area contributed by atoms with Crippen molar-refractivity contribution in [1.29, 1.82) is 0 Å². The molecule has 0 aliphatic heterocycles. The fraction of sp³-hybridized carbons (Fsp3) is 0.538. The highest BCUT2D eigenvalue weighted by Crippen LogP contribution is 2.21. The van der Waals surface area contributed by atoms with Gasteiger partial charge in [0.25, 0.3) is 0 Å². The van der Waals surface area contributed by atoms with Gasteiger partial charge in [0.2, 0.25) is 0 Å². The van der Waals surface area contributed by atoms with Gasteiger partial charge in [-0.05, 0) is 25.8 Å². The monoisotopic (exact) mass is 237 g/mol. The summed E-state index contributed by atoms with van der Waals surface area (Å²) in [6, 6.07) is 1.61. The molecule has 0 atom stereocenters. The minimum atomic E-state index is -0.389. The Balaban J connectivity index is 0.000000686. The fourth-order valence-electron chi connectivity index (χ4n) is 1.82. The van der Waals surface area contributed by atoms with E-state index in [9.17, 15) is 9.59 Å². The SMILES string of the molecule is CC.CCOC(=O)c1cc2c([nH]1)CCCC2=O. The van der Waals surface area contributed by atoms with Gasteiger partial charge in [-0.2, -0.15) is 0 Å². The molecule has 0 saturated carbocycles. The van der Waals surface area contributed by atoms with Gasteiger partial charge < -0.3 is 9.72 Å². The van der Waals surface area contributed by atoms with Crippen LogP contribution in [0.1, 0.15) is 60.2 Å². The molecule has 4 heteroatoms. The summed E-state index contributed by atoms with van der Waals surface area (Å²) in [6.45, 7) is 6.10. The number of carbonyl (C=O) groups excluding carboxylic acids is 2. The Morgan fingerprint density at radius 1 is 1.41 bits per heavy atom. The molecule has 17 heavy (non-hydrogen) atoms. The average Bonchev–Trinajstić information content (AvgIpc) is 2.77. The zero-order chi connectivity index (χ0) is 12.8. The normalized spacial score (nSPS) is 13.5. The van der Waals surface area contributed by atoms with Gasteiger partial charge >= 0.3 is 5.97 Å². The van der Waals surface area contributed by atoms with Crippen molar-refractivity contribution in [3.05, 3.63) is 23.0 Å². The molecule has 2 rings (SSSR count). The molecule has 0 bridgehead atoms. The third-order valence-electron chi connectivity index (χ3n) is 2.53. The van der Waals surface area contributed by atoms with Crippen molar-refractivity contribution in [1.82, 2.24) is 4.98 Å². The molecule has 1 heterocycles. The largest absolute Gasteiger partial charge is 0.461 e. The molecule has 94 valence electrons. The first kappa shape index (κ1) is 13.5. The number of fused-ring (bicyclic) bond motifs is 1. The van der Waals surface area contributed by atoms with Gasteiger partial charge in [0.1, 0.15) is 5.69 Å². The lowest BCUT2D eigenvalue weighted by Crippen LogP contribution is -2.08. The van der Waals surface area contributed by atoms with E-state index in [4.69, 9.17) is 4.74 Å². The van der Waals surface area contributed by atoms with Crippen molar-refractivity contribution in [3.8, 4) is 0 Å². The summed E-state index contributed by atoms with van der Waals surface area (Å²) in [4.78, 5) is 25.9. The molecule has 0 saturated heterocycles. The van der Waals surface area contributed by atoms with Crippen LogP contribution in [0.15, 0.2) is 6.07 Å². The highest BCUT2D eigenvalue weighted by molar-refractivity contribution is 6.01. The first-order valence-corrected chi connectivity index (χ1v) is 6.14. The van der Waals surface area contributed by atoms with E-state index in [2.05, 4.69) is 4.98 Å². The second kappa shape index (κ2) is 6.23. The van der Waals surface area contributed by atoms with Crippen LogP contribution in [0, 0.1) is 0 Å². The summed E-state index contributed by atoms with van der Waals surface area (Å²) in [5.41, 5.74) is 1.91. The van der Waals surface area contributed by atoms with Crippen molar-refractivity contribution in [2.24, 2.45) is 0 Å². The lowest BCUT2D eigenvalue weighted by molar-refractivity contribution is 0.0520. The van der Waals surface area contributed by atoms with Crippen LogP contribution in [-0.4, -0.2) is 23.3 Å². The summed E-state index contributed by atoms with van der Waals surface area (Å²) >= 11 is 0. The van der Waals surface area contributed by atoms with Crippen molar-refractivity contribution in [2.75, 3.05) is 6.61 Å². The number of aromatic amines is 1. The van der Waals surface area contributed by atoms with E-state index in [1.807, 2.05) is 13.8 Å². The molecular formula is C13H19NO3. The number of H-pyrrole nitrogens is 1. The molecule has 1 aliphatic carbocycles. The molecule has 1 N–H and O–H groups in total. The third-order valence-corrected chi connectivity index (χ3v) is 2.53. The van der Waals surface area contributed by atoms with Crippen LogP contribution in [0.2, 0.25) is 0 Å². The van der Waals surface area contributed by atoms with E-state index in [-0.39, 0.29) is 11.8 Å². The number of ether oxygens (including phenoxy) is 1. The van der Waals surface area contributed by atoms with E-state index in [0.717, 1.165) is 18.5 Å². The number of aromatic nitrogens is 1. The molecule has 1 aliphatic rings. The fourth-order valence-corrected chi connectivity index (χ4v) is 1.82. The molecule has 1 aromatic rings. The van der Waals surface area contributed by atoms with Crippen LogP contribution in [-0.2, 0) is 11.2 Å². The van der Waals surface area contributed by atoms with E-state index in [0.29, 0.717) is 24.3 Å². The second-order valence-corrected chi connectivity index (χ2v) is 3.57. The standard InChI is InChI=1S/C11H13NO3.C2H6/c1-2-15-11(14)9-6-7-8(12-9)4-3-5-10(7)13;1-2/h6,12H,2-5H2,1H3;1-2H3. The van der Waals surface area contributed by atoms with Gasteiger partial charge in [-0.3, -0.25) is 4.79 Å². The maximum Gasteiger partial charge on any atom is 0.354 e. The number of ketones is 1. The van der Waals surface area contributed by atoms with Gasteiger partial charge in [-0.25, -0.2) is 4.79 Å². The maximum atomic E-state index is 11.5.